The fraction of sp³-hybridized carbons (Fsp3) is 0.812. The number of rotatable bonds is 6. The molecule has 0 saturated heterocycles. The summed E-state index contributed by atoms with van der Waals surface area (Å²) in [5.74, 6) is -2.12. The first-order chi connectivity index (χ1) is 9.99. The number of aryl methyl sites for hydroxylation is 2. The molecule has 1 aliphatic carbocycles. The van der Waals surface area contributed by atoms with Crippen LogP contribution in [-0.2, 0) is 19.4 Å². The summed E-state index contributed by atoms with van der Waals surface area (Å²) in [6.45, 7) is 5.05. The minimum absolute atomic E-state index is 0.0308. The van der Waals surface area contributed by atoms with Gasteiger partial charge in [-0.15, -0.1) is 0 Å². The van der Waals surface area contributed by atoms with Crippen molar-refractivity contribution in [3.05, 3.63) is 17.5 Å². The van der Waals surface area contributed by atoms with Gasteiger partial charge in [0, 0.05) is 37.5 Å². The summed E-state index contributed by atoms with van der Waals surface area (Å²) < 4.78 is 28.7. The van der Waals surface area contributed by atoms with E-state index in [9.17, 15) is 8.78 Å². The molecular formula is C16H27F2N3. The SMILES string of the molecule is CCc1cc(CC(NC)C2CCC(F)(F)CC2)n(CC)n1. The number of hydrogen-bond donors (Lipinski definition) is 1. The fourth-order valence-corrected chi connectivity index (χ4v) is 3.32. The van der Waals surface area contributed by atoms with Crippen LogP contribution in [-0.4, -0.2) is 28.8 Å². The van der Waals surface area contributed by atoms with E-state index in [0.29, 0.717) is 18.8 Å². The summed E-state index contributed by atoms with van der Waals surface area (Å²) >= 11 is 0. The first-order valence-electron chi connectivity index (χ1n) is 8.09. The molecule has 1 N–H and O–H groups in total. The molecule has 5 heteroatoms. The zero-order valence-electron chi connectivity index (χ0n) is 13.3. The monoisotopic (exact) mass is 299 g/mol. The van der Waals surface area contributed by atoms with E-state index in [1.807, 2.05) is 11.7 Å². The molecule has 0 amide bonds. The van der Waals surface area contributed by atoms with Crippen molar-refractivity contribution in [2.24, 2.45) is 5.92 Å². The van der Waals surface area contributed by atoms with Crippen LogP contribution in [0.1, 0.15) is 50.9 Å². The van der Waals surface area contributed by atoms with Crippen LogP contribution in [0, 0.1) is 5.92 Å². The average molecular weight is 299 g/mol. The van der Waals surface area contributed by atoms with Gasteiger partial charge in [0.15, 0.2) is 0 Å². The number of likely N-dealkylation sites (N-methyl/N-ethyl adjacent to an activating group) is 1. The summed E-state index contributed by atoms with van der Waals surface area (Å²) in [6, 6.07) is 2.42. The molecule has 1 fully saturated rings. The summed E-state index contributed by atoms with van der Waals surface area (Å²) in [5, 5.41) is 7.91. The van der Waals surface area contributed by atoms with Gasteiger partial charge in [-0.3, -0.25) is 4.68 Å². The maximum atomic E-state index is 13.3. The van der Waals surface area contributed by atoms with Gasteiger partial charge in [0.25, 0.3) is 0 Å². The van der Waals surface area contributed by atoms with Gasteiger partial charge in [-0.05, 0) is 45.2 Å². The highest BCUT2D eigenvalue weighted by molar-refractivity contribution is 5.12. The highest BCUT2D eigenvalue weighted by atomic mass is 19.3. The third-order valence-electron chi connectivity index (χ3n) is 4.71. The smallest absolute Gasteiger partial charge is 0.248 e. The van der Waals surface area contributed by atoms with Crippen LogP contribution >= 0.6 is 0 Å². The number of halogens is 2. The fourth-order valence-electron chi connectivity index (χ4n) is 3.32. The Labute approximate surface area is 126 Å². The van der Waals surface area contributed by atoms with E-state index in [1.54, 1.807) is 0 Å². The Morgan fingerprint density at radius 2 is 2.05 bits per heavy atom. The molecule has 1 aromatic heterocycles. The lowest BCUT2D eigenvalue weighted by Crippen LogP contribution is -2.40. The van der Waals surface area contributed by atoms with Gasteiger partial charge in [0.05, 0.1) is 5.69 Å². The molecule has 1 aliphatic rings. The van der Waals surface area contributed by atoms with Crippen molar-refractivity contribution >= 4 is 0 Å². The van der Waals surface area contributed by atoms with E-state index in [2.05, 4.69) is 30.3 Å². The first-order valence-corrected chi connectivity index (χ1v) is 8.09. The minimum Gasteiger partial charge on any atom is -0.316 e. The van der Waals surface area contributed by atoms with E-state index in [0.717, 1.165) is 25.1 Å². The van der Waals surface area contributed by atoms with Crippen molar-refractivity contribution in [1.82, 2.24) is 15.1 Å². The first kappa shape index (κ1) is 16.4. The van der Waals surface area contributed by atoms with Crippen LogP contribution in [0.4, 0.5) is 8.78 Å². The minimum atomic E-state index is -2.45. The van der Waals surface area contributed by atoms with Gasteiger partial charge in [0.1, 0.15) is 0 Å². The maximum Gasteiger partial charge on any atom is 0.248 e. The lowest BCUT2D eigenvalue weighted by molar-refractivity contribution is -0.0493. The molecule has 3 nitrogen and oxygen atoms in total. The summed E-state index contributed by atoms with van der Waals surface area (Å²) in [7, 11) is 1.94. The lowest BCUT2D eigenvalue weighted by Gasteiger charge is -2.33. The van der Waals surface area contributed by atoms with Crippen molar-refractivity contribution < 1.29 is 8.78 Å². The molecule has 1 saturated carbocycles. The van der Waals surface area contributed by atoms with E-state index < -0.39 is 5.92 Å². The molecule has 21 heavy (non-hydrogen) atoms. The second-order valence-electron chi connectivity index (χ2n) is 6.09. The van der Waals surface area contributed by atoms with E-state index in [1.165, 1.54) is 5.69 Å². The van der Waals surface area contributed by atoms with Crippen molar-refractivity contribution in [3.63, 3.8) is 0 Å². The topological polar surface area (TPSA) is 29.9 Å². The Morgan fingerprint density at radius 1 is 1.38 bits per heavy atom. The van der Waals surface area contributed by atoms with E-state index >= 15 is 0 Å². The second kappa shape index (κ2) is 6.86. The molecule has 0 aliphatic heterocycles. The zero-order chi connectivity index (χ0) is 15.5. The van der Waals surface area contributed by atoms with Crippen molar-refractivity contribution in [2.45, 2.75) is 70.9 Å². The van der Waals surface area contributed by atoms with E-state index in [-0.39, 0.29) is 18.9 Å². The van der Waals surface area contributed by atoms with Crippen molar-refractivity contribution in [3.8, 4) is 0 Å². The zero-order valence-corrected chi connectivity index (χ0v) is 13.3. The van der Waals surface area contributed by atoms with Gasteiger partial charge < -0.3 is 5.32 Å². The summed E-state index contributed by atoms with van der Waals surface area (Å²) in [4.78, 5) is 0. The van der Waals surface area contributed by atoms with Crippen LogP contribution < -0.4 is 5.32 Å². The quantitative estimate of drug-likeness (QED) is 0.872. The van der Waals surface area contributed by atoms with Gasteiger partial charge >= 0.3 is 0 Å². The Kier molecular flexibility index (Phi) is 5.36. The number of alkyl halides is 2. The third-order valence-corrected chi connectivity index (χ3v) is 4.71. The van der Waals surface area contributed by atoms with Gasteiger partial charge in [0.2, 0.25) is 5.92 Å². The molecule has 0 bridgehead atoms. The summed E-state index contributed by atoms with van der Waals surface area (Å²) in [5.41, 5.74) is 2.32. The van der Waals surface area contributed by atoms with Crippen LogP contribution in [0.5, 0.6) is 0 Å². The molecule has 0 radical (unpaired) electrons. The van der Waals surface area contributed by atoms with Gasteiger partial charge in [-0.25, -0.2) is 8.78 Å². The van der Waals surface area contributed by atoms with E-state index in [4.69, 9.17) is 0 Å². The molecule has 120 valence electrons. The molecule has 1 atom stereocenters. The highest BCUT2D eigenvalue weighted by Gasteiger charge is 2.37. The molecule has 2 rings (SSSR count). The largest absolute Gasteiger partial charge is 0.316 e. The molecular weight excluding hydrogens is 272 g/mol. The Morgan fingerprint density at radius 3 is 2.57 bits per heavy atom. The molecule has 0 aromatic carbocycles. The number of nitrogens with zero attached hydrogens (tertiary/aromatic N) is 2. The van der Waals surface area contributed by atoms with Gasteiger partial charge in [-0.1, -0.05) is 6.92 Å². The molecule has 1 aromatic rings. The molecule has 1 unspecified atom stereocenters. The van der Waals surface area contributed by atoms with Crippen molar-refractivity contribution in [1.29, 1.82) is 0 Å². The number of hydrogen-bond acceptors (Lipinski definition) is 2. The normalized spacial score (nSPS) is 20.6. The molecule has 1 heterocycles. The Hall–Kier alpha value is -0.970. The van der Waals surface area contributed by atoms with Crippen LogP contribution in [0.15, 0.2) is 6.07 Å². The number of aromatic nitrogens is 2. The lowest BCUT2D eigenvalue weighted by atomic mass is 9.80. The van der Waals surface area contributed by atoms with Crippen LogP contribution in [0.2, 0.25) is 0 Å². The second-order valence-corrected chi connectivity index (χ2v) is 6.09. The molecule has 0 spiro atoms. The highest BCUT2D eigenvalue weighted by Crippen LogP contribution is 2.38. The predicted octanol–water partition coefficient (Wildman–Crippen LogP) is 3.42. The number of nitrogens with one attached hydrogen (secondary N) is 1. The van der Waals surface area contributed by atoms with Gasteiger partial charge in [-0.2, -0.15) is 5.10 Å². The average Bonchev–Trinajstić information content (AvgIpc) is 2.87. The Bertz CT molecular complexity index is 446. The van der Waals surface area contributed by atoms with Crippen molar-refractivity contribution in [2.75, 3.05) is 7.05 Å². The van der Waals surface area contributed by atoms with Crippen LogP contribution in [0.3, 0.4) is 0 Å². The summed E-state index contributed by atoms with van der Waals surface area (Å²) in [6.07, 6.45) is 3.08. The standard InChI is InChI=1S/C16H27F2N3/c1-4-13-10-14(21(5-2)20-13)11-15(19-3)12-6-8-16(17,18)9-7-12/h10,12,15,19H,4-9,11H2,1-3H3. The predicted molar refractivity (Wildman–Crippen MR) is 80.7 cm³/mol. The Balaban J connectivity index is 2.04. The maximum absolute atomic E-state index is 13.3. The van der Waals surface area contributed by atoms with Crippen LogP contribution in [0.25, 0.3) is 0 Å². The third kappa shape index (κ3) is 4.02.